The fourth-order valence-electron chi connectivity index (χ4n) is 3.01. The minimum Gasteiger partial charge on any atom is -0.486 e. The lowest BCUT2D eigenvalue weighted by Gasteiger charge is -2.26. The molecule has 6 heteroatoms. The summed E-state index contributed by atoms with van der Waals surface area (Å²) in [6.07, 6.45) is 8.18. The molecular formula is C15H24ClN3O2. The molecule has 1 aliphatic heterocycles. The van der Waals surface area contributed by atoms with Gasteiger partial charge in [-0.2, -0.15) is 5.10 Å². The van der Waals surface area contributed by atoms with Gasteiger partial charge >= 0.3 is 0 Å². The Hall–Kier alpha value is -0.780. The number of rotatable bonds is 5. The summed E-state index contributed by atoms with van der Waals surface area (Å²) in [6, 6.07) is 0. The molecule has 5 nitrogen and oxygen atoms in total. The maximum Gasteiger partial charge on any atom is 0.176 e. The highest BCUT2D eigenvalue weighted by Crippen LogP contribution is 2.28. The molecule has 2 aliphatic rings. The van der Waals surface area contributed by atoms with Crippen LogP contribution in [-0.2, 0) is 11.3 Å². The quantitative estimate of drug-likeness (QED) is 0.837. The average Bonchev–Trinajstić information content (AvgIpc) is 2.88. The fourth-order valence-corrected chi connectivity index (χ4v) is 3.23. The molecular weight excluding hydrogens is 290 g/mol. The van der Waals surface area contributed by atoms with Gasteiger partial charge in [0, 0.05) is 19.6 Å². The zero-order chi connectivity index (χ0) is 14.5. The first-order valence-electron chi connectivity index (χ1n) is 8.01. The second-order valence-electron chi connectivity index (χ2n) is 5.85. The Balaban J connectivity index is 1.51. The third-order valence-electron chi connectivity index (χ3n) is 4.32. The molecule has 0 aromatic carbocycles. The topological polar surface area (TPSA) is 39.5 Å². The van der Waals surface area contributed by atoms with Gasteiger partial charge in [-0.3, -0.25) is 4.90 Å². The van der Waals surface area contributed by atoms with E-state index in [1.807, 2.05) is 4.68 Å². The van der Waals surface area contributed by atoms with Crippen molar-refractivity contribution in [2.24, 2.45) is 0 Å². The van der Waals surface area contributed by atoms with Crippen LogP contribution in [-0.4, -0.2) is 53.6 Å². The Morgan fingerprint density at radius 1 is 1.19 bits per heavy atom. The van der Waals surface area contributed by atoms with Crippen LogP contribution in [0.25, 0.3) is 0 Å². The van der Waals surface area contributed by atoms with Gasteiger partial charge < -0.3 is 9.47 Å². The van der Waals surface area contributed by atoms with Gasteiger partial charge in [0.2, 0.25) is 0 Å². The van der Waals surface area contributed by atoms with Crippen LogP contribution in [0.2, 0.25) is 5.15 Å². The summed E-state index contributed by atoms with van der Waals surface area (Å²) in [5, 5.41) is 5.00. The number of ether oxygens (including phenoxy) is 2. The molecule has 1 aromatic rings. The monoisotopic (exact) mass is 313 g/mol. The van der Waals surface area contributed by atoms with Gasteiger partial charge in [0.15, 0.2) is 10.9 Å². The van der Waals surface area contributed by atoms with Gasteiger partial charge in [-0.25, -0.2) is 4.68 Å². The van der Waals surface area contributed by atoms with E-state index in [-0.39, 0.29) is 0 Å². The number of hydrogen-bond acceptors (Lipinski definition) is 4. The Bertz CT molecular complexity index is 440. The molecule has 3 rings (SSSR count). The van der Waals surface area contributed by atoms with Crippen LogP contribution in [0, 0.1) is 0 Å². The Morgan fingerprint density at radius 2 is 1.95 bits per heavy atom. The summed E-state index contributed by atoms with van der Waals surface area (Å²) in [5.74, 6) is 0.741. The fraction of sp³-hybridized carbons (Fsp3) is 0.800. The van der Waals surface area contributed by atoms with Crippen LogP contribution in [0.1, 0.15) is 32.1 Å². The van der Waals surface area contributed by atoms with E-state index in [9.17, 15) is 0 Å². The minimum absolute atomic E-state index is 0.313. The van der Waals surface area contributed by atoms with Gasteiger partial charge in [0.05, 0.1) is 32.1 Å². The van der Waals surface area contributed by atoms with Crippen molar-refractivity contribution in [2.75, 3.05) is 32.8 Å². The van der Waals surface area contributed by atoms with Crippen molar-refractivity contribution >= 4 is 11.6 Å². The van der Waals surface area contributed by atoms with Gasteiger partial charge in [0.25, 0.3) is 0 Å². The standard InChI is InChI=1S/C15H24ClN3O2/c16-15-14(21-13-4-2-1-3-5-13)12-17-19(15)7-6-18-8-10-20-11-9-18/h12-13H,1-11H2. The van der Waals surface area contributed by atoms with E-state index in [2.05, 4.69) is 10.00 Å². The Labute approximate surface area is 131 Å². The second kappa shape index (κ2) is 7.47. The van der Waals surface area contributed by atoms with Crippen LogP contribution < -0.4 is 4.74 Å². The molecule has 0 atom stereocenters. The van der Waals surface area contributed by atoms with Gasteiger partial charge in [-0.15, -0.1) is 0 Å². The molecule has 0 amide bonds. The zero-order valence-electron chi connectivity index (χ0n) is 12.5. The van der Waals surface area contributed by atoms with Crippen molar-refractivity contribution in [3.8, 4) is 5.75 Å². The van der Waals surface area contributed by atoms with E-state index >= 15 is 0 Å². The highest BCUT2D eigenvalue weighted by molar-refractivity contribution is 6.31. The summed E-state index contributed by atoms with van der Waals surface area (Å²) < 4.78 is 13.2. The molecule has 0 radical (unpaired) electrons. The first-order valence-corrected chi connectivity index (χ1v) is 8.39. The largest absolute Gasteiger partial charge is 0.486 e. The van der Waals surface area contributed by atoms with Crippen molar-refractivity contribution in [3.63, 3.8) is 0 Å². The third kappa shape index (κ3) is 4.11. The van der Waals surface area contributed by atoms with Gasteiger partial charge in [0.1, 0.15) is 0 Å². The highest BCUT2D eigenvalue weighted by atomic mass is 35.5. The summed E-state index contributed by atoms with van der Waals surface area (Å²) in [7, 11) is 0. The Kier molecular flexibility index (Phi) is 5.38. The molecule has 2 heterocycles. The molecule has 1 aromatic heterocycles. The summed E-state index contributed by atoms with van der Waals surface area (Å²) in [6.45, 7) is 5.38. The predicted molar refractivity (Wildman–Crippen MR) is 82.0 cm³/mol. The molecule has 1 saturated carbocycles. The van der Waals surface area contributed by atoms with Crippen molar-refractivity contribution in [1.82, 2.24) is 14.7 Å². The van der Waals surface area contributed by atoms with E-state index < -0.39 is 0 Å². The van der Waals surface area contributed by atoms with Crippen LogP contribution in [0.5, 0.6) is 5.75 Å². The first kappa shape index (κ1) is 15.1. The summed E-state index contributed by atoms with van der Waals surface area (Å²) >= 11 is 6.39. The van der Waals surface area contributed by atoms with E-state index in [1.54, 1.807) is 6.20 Å². The van der Waals surface area contributed by atoms with Gasteiger partial charge in [-0.1, -0.05) is 18.0 Å². The molecule has 0 N–H and O–H groups in total. The van der Waals surface area contributed by atoms with Crippen molar-refractivity contribution in [3.05, 3.63) is 11.3 Å². The second-order valence-corrected chi connectivity index (χ2v) is 6.21. The number of halogens is 1. The smallest absolute Gasteiger partial charge is 0.176 e. The molecule has 21 heavy (non-hydrogen) atoms. The zero-order valence-corrected chi connectivity index (χ0v) is 13.2. The predicted octanol–water partition coefficient (Wildman–Crippen LogP) is 2.58. The maximum absolute atomic E-state index is 6.39. The molecule has 2 fully saturated rings. The first-order chi connectivity index (χ1) is 10.3. The summed E-state index contributed by atoms with van der Waals surface area (Å²) in [5.41, 5.74) is 0. The number of morpholine rings is 1. The number of hydrogen-bond donors (Lipinski definition) is 0. The van der Waals surface area contributed by atoms with Crippen molar-refractivity contribution in [2.45, 2.75) is 44.8 Å². The molecule has 1 saturated heterocycles. The number of nitrogens with zero attached hydrogens (tertiary/aromatic N) is 3. The normalized spacial score (nSPS) is 21.6. The van der Waals surface area contributed by atoms with Crippen LogP contribution in [0.4, 0.5) is 0 Å². The molecule has 0 spiro atoms. The van der Waals surface area contributed by atoms with E-state index in [0.717, 1.165) is 58.0 Å². The molecule has 0 unspecified atom stereocenters. The SMILES string of the molecule is Clc1c(OC2CCCCC2)cnn1CCN1CCOCC1. The summed E-state index contributed by atoms with van der Waals surface area (Å²) in [4.78, 5) is 2.38. The molecule has 118 valence electrons. The number of aromatic nitrogens is 2. The highest BCUT2D eigenvalue weighted by Gasteiger charge is 2.19. The van der Waals surface area contributed by atoms with E-state index in [4.69, 9.17) is 21.1 Å². The third-order valence-corrected chi connectivity index (χ3v) is 4.70. The van der Waals surface area contributed by atoms with Crippen LogP contribution in [0.3, 0.4) is 0 Å². The van der Waals surface area contributed by atoms with Crippen molar-refractivity contribution in [1.29, 1.82) is 0 Å². The molecule has 0 bridgehead atoms. The molecule has 1 aliphatic carbocycles. The minimum atomic E-state index is 0.313. The average molecular weight is 314 g/mol. The van der Waals surface area contributed by atoms with Gasteiger partial charge in [-0.05, 0) is 25.7 Å². The van der Waals surface area contributed by atoms with E-state index in [1.165, 1.54) is 19.3 Å². The Morgan fingerprint density at radius 3 is 2.71 bits per heavy atom. The lowest BCUT2D eigenvalue weighted by atomic mass is 9.98. The van der Waals surface area contributed by atoms with Crippen molar-refractivity contribution < 1.29 is 9.47 Å². The van der Waals surface area contributed by atoms with Crippen LogP contribution >= 0.6 is 11.6 Å². The lowest BCUT2D eigenvalue weighted by molar-refractivity contribution is 0.0359. The van der Waals surface area contributed by atoms with Crippen LogP contribution in [0.15, 0.2) is 6.20 Å². The maximum atomic E-state index is 6.39. The van der Waals surface area contributed by atoms with E-state index in [0.29, 0.717) is 11.3 Å². The lowest BCUT2D eigenvalue weighted by Crippen LogP contribution is -2.38.